The predicted octanol–water partition coefficient (Wildman–Crippen LogP) is 1.98. The summed E-state index contributed by atoms with van der Waals surface area (Å²) >= 11 is 6.30. The van der Waals surface area contributed by atoms with Crippen molar-refractivity contribution in [2.24, 2.45) is 12.0 Å². The molecule has 1 N–H and O–H groups in total. The van der Waals surface area contributed by atoms with Crippen LogP contribution in [0.5, 0.6) is 0 Å². The van der Waals surface area contributed by atoms with Gasteiger partial charge in [-0.25, -0.2) is 4.98 Å². The van der Waals surface area contributed by atoms with Crippen molar-refractivity contribution < 1.29 is 0 Å². The number of piperazine rings is 1. The molecule has 0 spiro atoms. The summed E-state index contributed by atoms with van der Waals surface area (Å²) in [7, 11) is 3.69. The Morgan fingerprint density at radius 3 is 2.56 bits per heavy atom. The monoisotopic (exact) mass is 475 g/mol. The van der Waals surface area contributed by atoms with Gasteiger partial charge in [-0.2, -0.15) is 5.10 Å². The van der Waals surface area contributed by atoms with Crippen molar-refractivity contribution in [2.75, 3.05) is 38.1 Å². The normalized spacial score (nSPS) is 15.1. The molecule has 2 aromatic rings. The maximum atomic E-state index is 6.30. The van der Waals surface area contributed by atoms with Crippen molar-refractivity contribution in [1.29, 1.82) is 0 Å². The topological polar surface area (TPSA) is 61.6 Å². The molecule has 25 heavy (non-hydrogen) atoms. The fourth-order valence-corrected chi connectivity index (χ4v) is 3.09. The van der Waals surface area contributed by atoms with Crippen LogP contribution in [-0.4, -0.2) is 58.9 Å². The molecule has 136 valence electrons. The minimum absolute atomic E-state index is 0. The number of anilines is 1. The van der Waals surface area contributed by atoms with E-state index in [1.807, 2.05) is 25.2 Å². The molecule has 1 saturated heterocycles. The number of guanidine groups is 1. The fourth-order valence-electron chi connectivity index (χ4n) is 2.84. The molecule has 0 bridgehead atoms. The number of rotatable bonds is 3. The van der Waals surface area contributed by atoms with Crippen LogP contribution in [0.25, 0.3) is 0 Å². The molecule has 0 saturated carbocycles. The van der Waals surface area contributed by atoms with Crippen molar-refractivity contribution in [3.63, 3.8) is 0 Å². The van der Waals surface area contributed by atoms with E-state index in [0.29, 0.717) is 6.54 Å². The second-order valence-corrected chi connectivity index (χ2v) is 6.03. The summed E-state index contributed by atoms with van der Waals surface area (Å²) in [4.78, 5) is 13.2. The molecule has 3 rings (SSSR count). The van der Waals surface area contributed by atoms with Crippen LogP contribution in [0.2, 0.25) is 5.02 Å². The average Bonchev–Trinajstić information content (AvgIpc) is 3.02. The van der Waals surface area contributed by atoms with Gasteiger partial charge in [0.2, 0.25) is 0 Å². The first kappa shape index (κ1) is 19.8. The van der Waals surface area contributed by atoms with E-state index in [9.17, 15) is 0 Å². The van der Waals surface area contributed by atoms with Gasteiger partial charge in [-0.1, -0.05) is 23.7 Å². The van der Waals surface area contributed by atoms with E-state index in [1.54, 1.807) is 18.1 Å². The van der Waals surface area contributed by atoms with Crippen LogP contribution >= 0.6 is 35.6 Å². The van der Waals surface area contributed by atoms with Gasteiger partial charge in [0.25, 0.3) is 0 Å². The third kappa shape index (κ3) is 4.75. The third-order valence-electron chi connectivity index (χ3n) is 4.19. The lowest BCUT2D eigenvalue weighted by Gasteiger charge is -2.38. The van der Waals surface area contributed by atoms with Crippen LogP contribution in [0.3, 0.4) is 0 Å². The Bertz CT molecular complexity index is 710. The smallest absolute Gasteiger partial charge is 0.194 e. The Labute approximate surface area is 170 Å². The van der Waals surface area contributed by atoms with Gasteiger partial charge in [0, 0.05) is 40.3 Å². The Balaban J connectivity index is 0.00000225. The van der Waals surface area contributed by atoms with E-state index in [2.05, 4.69) is 36.3 Å². The van der Waals surface area contributed by atoms with Crippen LogP contribution < -0.4 is 10.2 Å². The number of hydrogen-bond acceptors (Lipinski definition) is 4. The average molecular weight is 476 g/mol. The van der Waals surface area contributed by atoms with Gasteiger partial charge in [-0.15, -0.1) is 24.0 Å². The highest BCUT2D eigenvalue weighted by atomic mass is 127. The van der Waals surface area contributed by atoms with E-state index in [-0.39, 0.29) is 24.0 Å². The first-order chi connectivity index (χ1) is 11.7. The van der Waals surface area contributed by atoms with Crippen molar-refractivity contribution in [3.8, 4) is 0 Å². The highest BCUT2D eigenvalue weighted by molar-refractivity contribution is 14.0. The molecule has 0 amide bonds. The minimum Gasteiger partial charge on any atom is -0.367 e. The lowest BCUT2D eigenvalue weighted by Crippen LogP contribution is -2.52. The van der Waals surface area contributed by atoms with Crippen molar-refractivity contribution >= 4 is 47.2 Å². The van der Waals surface area contributed by atoms with E-state index < -0.39 is 0 Å². The van der Waals surface area contributed by atoms with E-state index in [0.717, 1.165) is 48.7 Å². The molecule has 1 aliphatic rings. The first-order valence-electron chi connectivity index (χ1n) is 7.97. The molecular formula is C16H23ClIN7. The Morgan fingerprint density at radius 1 is 1.24 bits per heavy atom. The predicted molar refractivity (Wildman–Crippen MR) is 112 cm³/mol. The van der Waals surface area contributed by atoms with E-state index >= 15 is 0 Å². The number of aliphatic imine (C=N–C) groups is 1. The largest absolute Gasteiger partial charge is 0.367 e. The standard InChI is InChI=1S/C16H22ClN7.HI/c1-18-16(19-11-15-20-12-21-22(15)2)24-9-7-23(8-10-24)14-6-4-3-5-13(14)17;/h3-6,12H,7-11H2,1-2H3,(H,18,19);1H. The zero-order valence-corrected chi connectivity index (χ0v) is 17.5. The molecule has 1 fully saturated rings. The van der Waals surface area contributed by atoms with Crippen molar-refractivity contribution in [3.05, 3.63) is 41.4 Å². The second kappa shape index (κ2) is 9.23. The molecule has 2 heterocycles. The Hall–Kier alpha value is -1.55. The van der Waals surface area contributed by atoms with Crippen LogP contribution in [0.1, 0.15) is 5.82 Å². The fraction of sp³-hybridized carbons (Fsp3) is 0.438. The summed E-state index contributed by atoms with van der Waals surface area (Å²) in [6, 6.07) is 7.99. The maximum absolute atomic E-state index is 6.30. The van der Waals surface area contributed by atoms with Gasteiger partial charge in [0.15, 0.2) is 5.96 Å². The summed E-state index contributed by atoms with van der Waals surface area (Å²) in [6.07, 6.45) is 1.56. The summed E-state index contributed by atoms with van der Waals surface area (Å²) in [5.74, 6) is 1.77. The van der Waals surface area contributed by atoms with Gasteiger partial charge in [0.05, 0.1) is 17.3 Å². The Kier molecular flexibility index (Phi) is 7.30. The molecule has 0 aliphatic carbocycles. The molecule has 0 unspecified atom stereocenters. The zero-order valence-electron chi connectivity index (χ0n) is 14.4. The van der Waals surface area contributed by atoms with Gasteiger partial charge < -0.3 is 15.1 Å². The summed E-state index contributed by atoms with van der Waals surface area (Å²) < 4.78 is 1.76. The van der Waals surface area contributed by atoms with Crippen LogP contribution in [0.15, 0.2) is 35.6 Å². The van der Waals surface area contributed by atoms with Crippen LogP contribution in [0.4, 0.5) is 5.69 Å². The zero-order chi connectivity index (χ0) is 16.9. The quantitative estimate of drug-likeness (QED) is 0.418. The first-order valence-corrected chi connectivity index (χ1v) is 8.35. The SMILES string of the molecule is CN=C(NCc1ncnn1C)N1CCN(c2ccccc2Cl)CC1.I. The molecular weight excluding hydrogens is 453 g/mol. The number of benzene rings is 1. The maximum Gasteiger partial charge on any atom is 0.194 e. The highest BCUT2D eigenvalue weighted by Crippen LogP contribution is 2.25. The molecule has 7 nitrogen and oxygen atoms in total. The lowest BCUT2D eigenvalue weighted by molar-refractivity contribution is 0.371. The lowest BCUT2D eigenvalue weighted by atomic mass is 10.2. The highest BCUT2D eigenvalue weighted by Gasteiger charge is 2.21. The van der Waals surface area contributed by atoms with Gasteiger partial charge in [-0.05, 0) is 12.1 Å². The molecule has 1 aromatic heterocycles. The number of aromatic nitrogens is 3. The molecule has 1 aliphatic heterocycles. The van der Waals surface area contributed by atoms with Crippen LogP contribution in [-0.2, 0) is 13.6 Å². The van der Waals surface area contributed by atoms with Gasteiger partial charge in [-0.3, -0.25) is 9.67 Å². The number of halogens is 2. The number of para-hydroxylation sites is 1. The number of nitrogens with zero attached hydrogens (tertiary/aromatic N) is 6. The number of hydrogen-bond donors (Lipinski definition) is 1. The molecule has 0 radical (unpaired) electrons. The number of nitrogens with one attached hydrogen (secondary N) is 1. The molecule has 9 heteroatoms. The molecule has 0 atom stereocenters. The van der Waals surface area contributed by atoms with Crippen molar-refractivity contribution in [2.45, 2.75) is 6.54 Å². The molecule has 1 aromatic carbocycles. The summed E-state index contributed by atoms with van der Waals surface area (Å²) in [5, 5.41) is 8.24. The van der Waals surface area contributed by atoms with Gasteiger partial charge in [0.1, 0.15) is 12.2 Å². The van der Waals surface area contributed by atoms with E-state index in [1.165, 1.54) is 0 Å². The van der Waals surface area contributed by atoms with Crippen LogP contribution in [0, 0.1) is 0 Å². The second-order valence-electron chi connectivity index (χ2n) is 5.63. The summed E-state index contributed by atoms with van der Waals surface area (Å²) in [6.45, 7) is 4.21. The number of aryl methyl sites for hydroxylation is 1. The summed E-state index contributed by atoms with van der Waals surface area (Å²) in [5.41, 5.74) is 1.10. The minimum atomic E-state index is 0. The van der Waals surface area contributed by atoms with Crippen molar-refractivity contribution in [1.82, 2.24) is 25.0 Å². The Morgan fingerprint density at radius 2 is 1.96 bits per heavy atom. The van der Waals surface area contributed by atoms with E-state index in [4.69, 9.17) is 11.6 Å². The van der Waals surface area contributed by atoms with Gasteiger partial charge >= 0.3 is 0 Å². The third-order valence-corrected chi connectivity index (χ3v) is 4.51.